The number of alkyl halides is 1. The monoisotopic (exact) mass is 538 g/mol. The van der Waals surface area contributed by atoms with Crippen molar-refractivity contribution in [2.45, 2.75) is 161 Å². The molecule has 0 amide bonds. The summed E-state index contributed by atoms with van der Waals surface area (Å²) in [6.07, 6.45) is 33.8. The minimum absolute atomic E-state index is 0.0609. The summed E-state index contributed by atoms with van der Waals surface area (Å²) in [6, 6.07) is 0. The Bertz CT molecular complexity index is 400. The second-order valence-corrected chi connectivity index (χ2v) is 12.5. The molecule has 0 aliphatic heterocycles. The van der Waals surface area contributed by atoms with Crippen molar-refractivity contribution < 1.29 is 14.4 Å². The van der Waals surface area contributed by atoms with E-state index in [-0.39, 0.29) is 6.16 Å². The van der Waals surface area contributed by atoms with Gasteiger partial charge in [0.05, 0.1) is 0 Å². The van der Waals surface area contributed by atoms with Crippen LogP contribution < -0.4 is 0 Å². The van der Waals surface area contributed by atoms with Gasteiger partial charge >= 0.3 is 7.60 Å². The molecular weight excluding hydrogens is 483 g/mol. The van der Waals surface area contributed by atoms with Gasteiger partial charge in [-0.15, -0.1) is 0 Å². The van der Waals surface area contributed by atoms with Gasteiger partial charge in [0.25, 0.3) is 0 Å². The highest BCUT2D eigenvalue weighted by molar-refractivity contribution is 9.09. The van der Waals surface area contributed by atoms with E-state index in [0.717, 1.165) is 12.8 Å². The molecule has 194 valence electrons. The average molecular weight is 540 g/mol. The van der Waals surface area contributed by atoms with Gasteiger partial charge in [0.15, 0.2) is 0 Å². The minimum atomic E-state index is -3.77. The molecule has 0 aromatic heterocycles. The molecule has 3 nitrogen and oxygen atoms in total. The molecule has 0 unspecified atom stereocenters. The predicted molar refractivity (Wildman–Crippen MR) is 146 cm³/mol. The van der Waals surface area contributed by atoms with Crippen LogP contribution in [0.5, 0.6) is 0 Å². The summed E-state index contributed by atoms with van der Waals surface area (Å²) in [7, 11) is -3.77. The SMILES string of the molecule is O=P(O)(O)CCCCCCCCCCCCCCCCCCCCCCCCCCCBr. The van der Waals surface area contributed by atoms with Crippen molar-refractivity contribution in [3.05, 3.63) is 0 Å². The third kappa shape index (κ3) is 30.6. The van der Waals surface area contributed by atoms with Crippen LogP contribution in [0.4, 0.5) is 0 Å². The molecular formula is C27H56BrO3P. The van der Waals surface area contributed by atoms with E-state index in [1.807, 2.05) is 0 Å². The molecule has 0 heterocycles. The number of hydrogen-bond donors (Lipinski definition) is 2. The molecule has 32 heavy (non-hydrogen) atoms. The summed E-state index contributed by atoms with van der Waals surface area (Å²) in [6.45, 7) is 0. The van der Waals surface area contributed by atoms with Crippen molar-refractivity contribution in [2.75, 3.05) is 11.5 Å². The Morgan fingerprint density at radius 1 is 0.375 bits per heavy atom. The topological polar surface area (TPSA) is 57.5 Å². The molecule has 0 fully saturated rings. The maximum absolute atomic E-state index is 10.8. The molecule has 0 aliphatic carbocycles. The third-order valence-corrected chi connectivity index (χ3v) is 8.04. The fraction of sp³-hybridized carbons (Fsp3) is 1.00. The second-order valence-electron chi connectivity index (χ2n) is 9.92. The van der Waals surface area contributed by atoms with Crippen molar-refractivity contribution >= 4 is 23.5 Å². The Morgan fingerprint density at radius 3 is 0.750 bits per heavy atom. The second kappa shape index (κ2) is 26.2. The lowest BCUT2D eigenvalue weighted by molar-refractivity contribution is 0.370. The minimum Gasteiger partial charge on any atom is -0.324 e. The molecule has 0 aliphatic rings. The lowest BCUT2D eigenvalue weighted by atomic mass is 10.0. The number of hydrogen-bond acceptors (Lipinski definition) is 1. The van der Waals surface area contributed by atoms with E-state index in [2.05, 4.69) is 15.9 Å². The van der Waals surface area contributed by atoms with E-state index < -0.39 is 7.60 Å². The van der Waals surface area contributed by atoms with E-state index >= 15 is 0 Å². The quantitative estimate of drug-likeness (QED) is 0.0620. The van der Waals surface area contributed by atoms with E-state index in [1.165, 1.54) is 147 Å². The Balaban J connectivity index is 3.03. The number of unbranched alkanes of at least 4 members (excludes halogenated alkanes) is 24. The average Bonchev–Trinajstić information content (AvgIpc) is 2.75. The summed E-state index contributed by atoms with van der Waals surface area (Å²) in [5.74, 6) is 0. The van der Waals surface area contributed by atoms with Crippen molar-refractivity contribution in [3.8, 4) is 0 Å². The Labute approximate surface area is 209 Å². The van der Waals surface area contributed by atoms with Crippen molar-refractivity contribution in [1.29, 1.82) is 0 Å². The van der Waals surface area contributed by atoms with Crippen LogP contribution in [0.15, 0.2) is 0 Å². The first kappa shape index (κ1) is 32.6. The zero-order chi connectivity index (χ0) is 23.6. The van der Waals surface area contributed by atoms with Gasteiger partial charge in [-0.3, -0.25) is 4.57 Å². The van der Waals surface area contributed by atoms with Gasteiger partial charge in [-0.05, 0) is 12.8 Å². The standard InChI is InChI=1S/C27H56BrO3P/c28-26-24-22-20-18-16-14-12-10-8-6-4-2-1-3-5-7-9-11-13-15-17-19-21-23-25-27-32(29,30)31/h1-27H2,(H2,29,30,31). The highest BCUT2D eigenvalue weighted by atomic mass is 79.9. The van der Waals surface area contributed by atoms with E-state index in [0.29, 0.717) is 6.42 Å². The maximum Gasteiger partial charge on any atom is 0.325 e. The zero-order valence-corrected chi connectivity index (χ0v) is 23.7. The van der Waals surface area contributed by atoms with Gasteiger partial charge in [-0.2, -0.15) is 0 Å². The highest BCUT2D eigenvalue weighted by Gasteiger charge is 2.10. The van der Waals surface area contributed by atoms with Gasteiger partial charge in [0.2, 0.25) is 0 Å². The summed E-state index contributed by atoms with van der Waals surface area (Å²) in [5.41, 5.74) is 0. The predicted octanol–water partition coefficient (Wildman–Crippen LogP) is 10.3. The van der Waals surface area contributed by atoms with Crippen molar-refractivity contribution in [3.63, 3.8) is 0 Å². The highest BCUT2D eigenvalue weighted by Crippen LogP contribution is 2.35. The maximum atomic E-state index is 10.8. The van der Waals surface area contributed by atoms with E-state index in [4.69, 9.17) is 9.79 Å². The van der Waals surface area contributed by atoms with Crippen molar-refractivity contribution in [2.24, 2.45) is 0 Å². The molecule has 0 atom stereocenters. The molecule has 0 saturated heterocycles. The van der Waals surface area contributed by atoms with Crippen LogP contribution in [0.3, 0.4) is 0 Å². The number of halogens is 1. The first-order valence-electron chi connectivity index (χ1n) is 14.2. The zero-order valence-electron chi connectivity index (χ0n) is 21.2. The first-order chi connectivity index (χ1) is 15.6. The third-order valence-electron chi connectivity index (χ3n) is 6.58. The normalized spacial score (nSPS) is 12.0. The van der Waals surface area contributed by atoms with E-state index in [1.54, 1.807) is 0 Å². The molecule has 0 spiro atoms. The van der Waals surface area contributed by atoms with Gasteiger partial charge in [0.1, 0.15) is 0 Å². The van der Waals surface area contributed by atoms with Crippen LogP contribution in [-0.4, -0.2) is 21.3 Å². The fourth-order valence-corrected chi connectivity index (χ4v) is 5.51. The van der Waals surface area contributed by atoms with Gasteiger partial charge in [-0.1, -0.05) is 164 Å². The van der Waals surface area contributed by atoms with Crippen LogP contribution >= 0.6 is 23.5 Å². The molecule has 0 aromatic carbocycles. The Kier molecular flexibility index (Phi) is 26.8. The summed E-state index contributed by atoms with van der Waals surface area (Å²) >= 11 is 3.50. The summed E-state index contributed by atoms with van der Waals surface area (Å²) in [4.78, 5) is 17.6. The van der Waals surface area contributed by atoms with Crippen molar-refractivity contribution in [1.82, 2.24) is 0 Å². The smallest absolute Gasteiger partial charge is 0.324 e. The number of rotatable bonds is 27. The molecule has 5 heteroatoms. The van der Waals surface area contributed by atoms with Gasteiger partial charge in [0, 0.05) is 11.5 Å². The molecule has 2 N–H and O–H groups in total. The lowest BCUT2D eigenvalue weighted by Crippen LogP contribution is -1.88. The molecule has 0 saturated carbocycles. The van der Waals surface area contributed by atoms with Gasteiger partial charge in [-0.25, -0.2) is 0 Å². The first-order valence-corrected chi connectivity index (χ1v) is 17.1. The van der Waals surface area contributed by atoms with Crippen LogP contribution in [-0.2, 0) is 4.57 Å². The van der Waals surface area contributed by atoms with Gasteiger partial charge < -0.3 is 9.79 Å². The Morgan fingerprint density at radius 2 is 0.562 bits per heavy atom. The molecule has 0 aromatic rings. The van der Waals surface area contributed by atoms with Crippen LogP contribution in [0.2, 0.25) is 0 Å². The van der Waals surface area contributed by atoms with Crippen LogP contribution in [0.1, 0.15) is 161 Å². The molecule has 0 rings (SSSR count). The lowest BCUT2D eigenvalue weighted by Gasteiger charge is -2.05. The summed E-state index contributed by atoms with van der Waals surface area (Å²) < 4.78 is 10.8. The van der Waals surface area contributed by atoms with E-state index in [9.17, 15) is 4.57 Å². The van der Waals surface area contributed by atoms with Crippen LogP contribution in [0.25, 0.3) is 0 Å². The Hall–Kier alpha value is 0.630. The fourth-order valence-electron chi connectivity index (χ4n) is 4.48. The molecule has 0 bridgehead atoms. The summed E-state index contributed by atoms with van der Waals surface area (Å²) in [5, 5.41) is 1.17. The largest absolute Gasteiger partial charge is 0.325 e. The molecule has 0 radical (unpaired) electrons. The van der Waals surface area contributed by atoms with Crippen LogP contribution in [0, 0.1) is 0 Å².